The van der Waals surface area contributed by atoms with E-state index in [1.807, 2.05) is 48.4 Å². The number of para-hydroxylation sites is 1. The summed E-state index contributed by atoms with van der Waals surface area (Å²) in [4.78, 5) is 17.4. The molecule has 1 unspecified atom stereocenters. The molecule has 1 aliphatic rings. The zero-order valence-corrected chi connectivity index (χ0v) is 22.1. The lowest BCUT2D eigenvalue weighted by Gasteiger charge is -2.36. The minimum absolute atomic E-state index is 0.0703. The number of methoxy groups -OCH3 is 2. The second-order valence-electron chi connectivity index (χ2n) is 8.88. The molecule has 2 aromatic carbocycles. The highest BCUT2D eigenvalue weighted by atomic mass is 32.1. The van der Waals surface area contributed by atoms with Crippen molar-refractivity contribution in [1.82, 2.24) is 9.47 Å². The van der Waals surface area contributed by atoms with Gasteiger partial charge in [0.25, 0.3) is 5.91 Å². The van der Waals surface area contributed by atoms with Crippen molar-refractivity contribution in [2.24, 2.45) is 0 Å². The molecule has 4 aromatic rings. The van der Waals surface area contributed by atoms with Crippen molar-refractivity contribution >= 4 is 28.1 Å². The van der Waals surface area contributed by atoms with Gasteiger partial charge in [-0.25, -0.2) is 0 Å². The summed E-state index contributed by atoms with van der Waals surface area (Å²) in [5.41, 5.74) is 4.17. The molecule has 0 fully saturated rings. The maximum Gasteiger partial charge on any atom is 0.256 e. The molecule has 0 bridgehead atoms. The molecule has 2 aromatic heterocycles. The van der Waals surface area contributed by atoms with Gasteiger partial charge in [0.2, 0.25) is 0 Å². The topological polar surface area (TPSA) is 52.9 Å². The number of fused-ring (bicyclic) bond motifs is 2. The fraction of sp³-hybridized carbons (Fsp3) is 0.345. The maximum atomic E-state index is 14.2. The smallest absolute Gasteiger partial charge is 0.256 e. The van der Waals surface area contributed by atoms with Crippen molar-refractivity contribution in [1.29, 1.82) is 0 Å². The molecule has 5 rings (SSSR count). The number of rotatable bonds is 8. The highest BCUT2D eigenvalue weighted by Gasteiger charge is 2.35. The lowest BCUT2D eigenvalue weighted by Crippen LogP contribution is -2.40. The van der Waals surface area contributed by atoms with Crippen LogP contribution < -0.4 is 14.2 Å². The van der Waals surface area contributed by atoms with Crippen LogP contribution >= 0.6 is 11.3 Å². The van der Waals surface area contributed by atoms with Gasteiger partial charge in [-0.3, -0.25) is 4.79 Å². The molecule has 1 amide bonds. The molecule has 188 valence electrons. The summed E-state index contributed by atoms with van der Waals surface area (Å²) in [7, 11) is 3.28. The third-order valence-corrected chi connectivity index (χ3v) is 8.07. The first-order valence-corrected chi connectivity index (χ1v) is 13.3. The second kappa shape index (κ2) is 10.3. The average Bonchev–Trinajstić information content (AvgIpc) is 3.50. The van der Waals surface area contributed by atoms with E-state index in [9.17, 15) is 4.79 Å². The van der Waals surface area contributed by atoms with E-state index in [-0.39, 0.29) is 11.9 Å². The summed E-state index contributed by atoms with van der Waals surface area (Å²) >= 11 is 1.69. The van der Waals surface area contributed by atoms with Crippen LogP contribution in [0.3, 0.4) is 0 Å². The van der Waals surface area contributed by atoms with Crippen LogP contribution in [0.5, 0.6) is 17.2 Å². The van der Waals surface area contributed by atoms with Gasteiger partial charge in [0, 0.05) is 46.0 Å². The zero-order valence-electron chi connectivity index (χ0n) is 21.2. The van der Waals surface area contributed by atoms with Crippen molar-refractivity contribution in [3.8, 4) is 17.2 Å². The lowest BCUT2D eigenvalue weighted by atomic mass is 9.94. The molecule has 3 heterocycles. The number of carbonyl (C=O) groups is 1. The standard InChI is InChI=1S/C29H32N2O4S/c1-5-30-17-22(20-9-7-8-10-23(20)30)29(32)31-14-13-21-27(35-6-2)18-36-28(21)24(31)15-19-11-12-25(33-3)26(16-19)34-4/h7-12,16-18,24H,5-6,13-15H2,1-4H3. The van der Waals surface area contributed by atoms with Gasteiger partial charge in [0.05, 0.1) is 32.4 Å². The van der Waals surface area contributed by atoms with Gasteiger partial charge in [0.15, 0.2) is 11.5 Å². The summed E-state index contributed by atoms with van der Waals surface area (Å²) in [6.45, 7) is 6.20. The van der Waals surface area contributed by atoms with Crippen LogP contribution in [0.4, 0.5) is 0 Å². The molecule has 7 heteroatoms. The summed E-state index contributed by atoms with van der Waals surface area (Å²) in [6.07, 6.45) is 3.47. The number of amides is 1. The SMILES string of the molecule is CCOc1csc2c1CCN(C(=O)c1cn(CC)c3ccccc13)C2Cc1ccc(OC)c(OC)c1. The number of thiophene rings is 1. The van der Waals surface area contributed by atoms with Crippen LogP contribution in [0.15, 0.2) is 54.0 Å². The molecule has 0 saturated heterocycles. The van der Waals surface area contributed by atoms with Gasteiger partial charge in [-0.2, -0.15) is 0 Å². The van der Waals surface area contributed by atoms with Gasteiger partial charge in [-0.05, 0) is 50.5 Å². The van der Waals surface area contributed by atoms with Crippen LogP contribution in [0, 0.1) is 0 Å². The van der Waals surface area contributed by atoms with Gasteiger partial charge >= 0.3 is 0 Å². The van der Waals surface area contributed by atoms with E-state index in [0.29, 0.717) is 31.1 Å². The Morgan fingerprint density at radius 3 is 2.61 bits per heavy atom. The van der Waals surface area contributed by atoms with Gasteiger partial charge in [-0.1, -0.05) is 24.3 Å². The van der Waals surface area contributed by atoms with E-state index < -0.39 is 0 Å². The van der Waals surface area contributed by atoms with Crippen molar-refractivity contribution in [3.63, 3.8) is 0 Å². The quantitative estimate of drug-likeness (QED) is 0.290. The van der Waals surface area contributed by atoms with E-state index in [1.54, 1.807) is 25.6 Å². The third kappa shape index (κ3) is 4.22. The van der Waals surface area contributed by atoms with Crippen LogP contribution in [0.2, 0.25) is 0 Å². The van der Waals surface area contributed by atoms with Crippen LogP contribution in [-0.2, 0) is 19.4 Å². The predicted octanol–water partition coefficient (Wildman–Crippen LogP) is 6.12. The minimum atomic E-state index is -0.0951. The normalized spacial score (nSPS) is 15.1. The molecular weight excluding hydrogens is 472 g/mol. The van der Waals surface area contributed by atoms with Crippen LogP contribution in [0.1, 0.15) is 46.3 Å². The molecule has 6 nitrogen and oxygen atoms in total. The molecule has 0 N–H and O–H groups in total. The van der Waals surface area contributed by atoms with E-state index in [1.165, 1.54) is 10.4 Å². The van der Waals surface area contributed by atoms with Crippen molar-refractivity contribution in [3.05, 3.63) is 75.6 Å². The first-order valence-electron chi connectivity index (χ1n) is 12.4. The largest absolute Gasteiger partial charge is 0.493 e. The van der Waals surface area contributed by atoms with E-state index >= 15 is 0 Å². The van der Waals surface area contributed by atoms with Crippen LogP contribution in [0.25, 0.3) is 10.9 Å². The Labute approximate surface area is 216 Å². The lowest BCUT2D eigenvalue weighted by molar-refractivity contribution is 0.0665. The minimum Gasteiger partial charge on any atom is -0.493 e. The van der Waals surface area contributed by atoms with Crippen molar-refractivity contribution < 1.29 is 19.0 Å². The monoisotopic (exact) mass is 504 g/mol. The van der Waals surface area contributed by atoms with Crippen molar-refractivity contribution in [2.45, 2.75) is 39.3 Å². The third-order valence-electron chi connectivity index (χ3n) is 6.97. The summed E-state index contributed by atoms with van der Waals surface area (Å²) in [6, 6.07) is 14.1. The Balaban J connectivity index is 1.56. The highest BCUT2D eigenvalue weighted by Crippen LogP contribution is 2.43. The molecule has 0 saturated carbocycles. The molecule has 0 spiro atoms. The Hall–Kier alpha value is -3.45. The molecule has 0 aliphatic carbocycles. The summed E-state index contributed by atoms with van der Waals surface area (Å²) < 4.78 is 19.1. The number of carbonyl (C=O) groups excluding carboxylic acids is 1. The number of benzene rings is 2. The van der Waals surface area contributed by atoms with Gasteiger partial charge in [0.1, 0.15) is 5.75 Å². The Morgan fingerprint density at radius 1 is 1.06 bits per heavy atom. The first-order chi connectivity index (χ1) is 17.6. The summed E-state index contributed by atoms with van der Waals surface area (Å²) in [5.74, 6) is 2.40. The second-order valence-corrected chi connectivity index (χ2v) is 9.79. The van der Waals surface area contributed by atoms with E-state index in [2.05, 4.69) is 29.0 Å². The Kier molecular flexibility index (Phi) is 6.92. The number of aromatic nitrogens is 1. The Bertz CT molecular complexity index is 1390. The number of nitrogens with zero attached hydrogens (tertiary/aromatic N) is 2. The van der Waals surface area contributed by atoms with Crippen molar-refractivity contribution in [2.75, 3.05) is 27.4 Å². The molecule has 1 aliphatic heterocycles. The molecule has 0 radical (unpaired) electrons. The molecule has 1 atom stereocenters. The zero-order chi connectivity index (χ0) is 25.2. The molecular formula is C29H32N2O4S. The highest BCUT2D eigenvalue weighted by molar-refractivity contribution is 7.10. The predicted molar refractivity (Wildman–Crippen MR) is 144 cm³/mol. The average molecular weight is 505 g/mol. The fourth-order valence-corrected chi connectivity index (χ4v) is 6.38. The number of aryl methyl sites for hydroxylation is 1. The van der Waals surface area contributed by atoms with Gasteiger partial charge in [-0.15, -0.1) is 11.3 Å². The van der Waals surface area contributed by atoms with E-state index in [0.717, 1.165) is 40.7 Å². The number of ether oxygens (including phenoxy) is 3. The number of hydrogen-bond donors (Lipinski definition) is 0. The summed E-state index contributed by atoms with van der Waals surface area (Å²) in [5, 5.41) is 3.09. The first kappa shape index (κ1) is 24.3. The molecule has 36 heavy (non-hydrogen) atoms. The maximum absolute atomic E-state index is 14.2. The fourth-order valence-electron chi connectivity index (χ4n) is 5.22. The van der Waals surface area contributed by atoms with Gasteiger partial charge < -0.3 is 23.7 Å². The van der Waals surface area contributed by atoms with Crippen LogP contribution in [-0.4, -0.2) is 42.7 Å². The van der Waals surface area contributed by atoms with E-state index in [4.69, 9.17) is 14.2 Å². The Morgan fingerprint density at radius 2 is 1.86 bits per heavy atom. The number of hydrogen-bond acceptors (Lipinski definition) is 5.